The molecule has 1 N–H and O–H groups in total. The van der Waals surface area contributed by atoms with E-state index in [-0.39, 0.29) is 0 Å². The lowest BCUT2D eigenvalue weighted by atomic mass is 9.93. The molecule has 2 heteroatoms. The zero-order valence-electron chi connectivity index (χ0n) is 14.1. The molecule has 1 saturated carbocycles. The molecule has 0 amide bonds. The normalized spacial score (nSPS) is 23.8. The maximum atomic E-state index is 3.67. The third-order valence-corrected chi connectivity index (χ3v) is 5.26. The molecule has 1 aliphatic carbocycles. The van der Waals surface area contributed by atoms with E-state index in [9.17, 15) is 0 Å². The fourth-order valence-electron chi connectivity index (χ4n) is 4.21. The first kappa shape index (κ1) is 15.1. The summed E-state index contributed by atoms with van der Waals surface area (Å²) in [7, 11) is 0. The molecule has 0 spiro atoms. The Morgan fingerprint density at radius 3 is 2.33 bits per heavy atom. The third kappa shape index (κ3) is 3.32. The second-order valence-corrected chi connectivity index (χ2v) is 7.21. The summed E-state index contributed by atoms with van der Waals surface area (Å²) >= 11 is 0. The van der Waals surface area contributed by atoms with Crippen molar-refractivity contribution in [2.75, 3.05) is 13.1 Å². The van der Waals surface area contributed by atoms with Crippen LogP contribution < -0.4 is 5.32 Å². The summed E-state index contributed by atoms with van der Waals surface area (Å²) in [6, 6.07) is 6.76. The first-order valence-corrected chi connectivity index (χ1v) is 8.63. The van der Waals surface area contributed by atoms with Crippen molar-refractivity contribution < 1.29 is 0 Å². The minimum absolute atomic E-state index is 0.542. The van der Waals surface area contributed by atoms with Crippen LogP contribution >= 0.6 is 0 Å². The second-order valence-electron chi connectivity index (χ2n) is 7.21. The van der Waals surface area contributed by atoms with E-state index in [1.165, 1.54) is 55.5 Å². The molecule has 3 rings (SSSR count). The van der Waals surface area contributed by atoms with Gasteiger partial charge >= 0.3 is 0 Å². The number of aryl methyl sites for hydroxylation is 3. The largest absolute Gasteiger partial charge is 0.313 e. The van der Waals surface area contributed by atoms with E-state index >= 15 is 0 Å². The maximum Gasteiger partial charge on any atom is 0.0328 e. The smallest absolute Gasteiger partial charge is 0.0328 e. The average molecular weight is 286 g/mol. The predicted octanol–water partition coefficient (Wildman–Crippen LogP) is 3.89. The summed E-state index contributed by atoms with van der Waals surface area (Å²) in [5, 5.41) is 3.67. The molecular formula is C19H30N2. The number of hydrogen-bond acceptors (Lipinski definition) is 2. The van der Waals surface area contributed by atoms with E-state index in [2.05, 4.69) is 50.0 Å². The van der Waals surface area contributed by atoms with Gasteiger partial charge in [-0.3, -0.25) is 4.90 Å². The molecule has 2 fully saturated rings. The zero-order valence-corrected chi connectivity index (χ0v) is 14.1. The van der Waals surface area contributed by atoms with Crippen molar-refractivity contribution in [3.05, 3.63) is 34.4 Å². The van der Waals surface area contributed by atoms with Crippen LogP contribution in [0.15, 0.2) is 12.1 Å². The highest BCUT2D eigenvalue weighted by molar-refractivity contribution is 5.39. The summed E-state index contributed by atoms with van der Waals surface area (Å²) in [5.41, 5.74) is 5.87. The molecule has 1 aromatic rings. The minimum atomic E-state index is 0.542. The summed E-state index contributed by atoms with van der Waals surface area (Å²) in [6.45, 7) is 11.6. The molecule has 2 aliphatic rings. The van der Waals surface area contributed by atoms with Crippen LogP contribution in [0.25, 0.3) is 0 Å². The fraction of sp³-hybridized carbons (Fsp3) is 0.684. The Balaban J connectivity index is 1.82. The molecule has 0 radical (unpaired) electrons. The number of nitrogens with zero attached hydrogens (tertiary/aromatic N) is 1. The van der Waals surface area contributed by atoms with Gasteiger partial charge in [0.15, 0.2) is 0 Å². The highest BCUT2D eigenvalue weighted by atomic mass is 15.2. The van der Waals surface area contributed by atoms with Crippen LogP contribution in [-0.4, -0.2) is 30.1 Å². The highest BCUT2D eigenvalue weighted by Crippen LogP contribution is 2.37. The van der Waals surface area contributed by atoms with Gasteiger partial charge in [0.2, 0.25) is 0 Å². The molecule has 0 bridgehead atoms. The van der Waals surface area contributed by atoms with E-state index in [0.29, 0.717) is 12.1 Å². The summed E-state index contributed by atoms with van der Waals surface area (Å²) in [6.07, 6.45) is 5.48. The van der Waals surface area contributed by atoms with Crippen molar-refractivity contribution in [1.82, 2.24) is 10.2 Å². The van der Waals surface area contributed by atoms with Gasteiger partial charge in [-0.15, -0.1) is 0 Å². The number of benzene rings is 1. The van der Waals surface area contributed by atoms with Crippen LogP contribution in [0.3, 0.4) is 0 Å². The van der Waals surface area contributed by atoms with Crippen LogP contribution in [0.5, 0.6) is 0 Å². The van der Waals surface area contributed by atoms with Gasteiger partial charge in [0.1, 0.15) is 0 Å². The minimum Gasteiger partial charge on any atom is -0.313 e. The Morgan fingerprint density at radius 1 is 1.14 bits per heavy atom. The van der Waals surface area contributed by atoms with Crippen molar-refractivity contribution in [2.45, 2.75) is 71.5 Å². The van der Waals surface area contributed by atoms with Crippen molar-refractivity contribution >= 4 is 0 Å². The number of hydrogen-bond donors (Lipinski definition) is 1. The molecule has 1 aromatic carbocycles. The second kappa shape index (κ2) is 6.10. The van der Waals surface area contributed by atoms with Gasteiger partial charge in [0.05, 0.1) is 0 Å². The lowest BCUT2D eigenvalue weighted by molar-refractivity contribution is 0.181. The summed E-state index contributed by atoms with van der Waals surface area (Å²) < 4.78 is 0. The molecule has 1 saturated heterocycles. The summed E-state index contributed by atoms with van der Waals surface area (Å²) in [5.74, 6) is 0. The highest BCUT2D eigenvalue weighted by Gasteiger charge is 2.35. The van der Waals surface area contributed by atoms with Gasteiger partial charge in [0, 0.05) is 24.7 Å². The van der Waals surface area contributed by atoms with Crippen molar-refractivity contribution in [1.29, 1.82) is 0 Å². The lowest BCUT2D eigenvalue weighted by Gasteiger charge is -2.33. The topological polar surface area (TPSA) is 15.3 Å². The van der Waals surface area contributed by atoms with Gasteiger partial charge in [-0.2, -0.15) is 0 Å². The Kier molecular flexibility index (Phi) is 4.37. The van der Waals surface area contributed by atoms with E-state index < -0.39 is 0 Å². The van der Waals surface area contributed by atoms with Crippen LogP contribution in [0.2, 0.25) is 0 Å². The van der Waals surface area contributed by atoms with Gasteiger partial charge in [-0.1, -0.05) is 17.7 Å². The summed E-state index contributed by atoms with van der Waals surface area (Å²) in [4.78, 5) is 2.77. The van der Waals surface area contributed by atoms with Crippen LogP contribution in [-0.2, 0) is 0 Å². The molecule has 2 atom stereocenters. The Bertz CT molecular complexity index is 475. The molecule has 1 heterocycles. The van der Waals surface area contributed by atoms with Gasteiger partial charge in [-0.05, 0) is 76.6 Å². The standard InChI is InChI=1S/C19H30N2/c1-13-10-14(2)19(15(3)11-13)16(4)21(18-7-8-18)12-17-6-5-9-20-17/h10-11,16-18,20H,5-9,12H2,1-4H3. The molecule has 2 unspecified atom stereocenters. The van der Waals surface area contributed by atoms with Gasteiger partial charge in [-0.25, -0.2) is 0 Å². The quantitative estimate of drug-likeness (QED) is 0.883. The van der Waals surface area contributed by atoms with E-state index in [0.717, 1.165) is 6.04 Å². The Hall–Kier alpha value is -0.860. The Morgan fingerprint density at radius 2 is 1.81 bits per heavy atom. The van der Waals surface area contributed by atoms with Crippen LogP contribution in [0.1, 0.15) is 60.9 Å². The SMILES string of the molecule is Cc1cc(C)c(C(C)N(CC2CCCN2)C2CC2)c(C)c1. The molecule has 116 valence electrons. The van der Waals surface area contributed by atoms with Crippen LogP contribution in [0, 0.1) is 20.8 Å². The fourth-order valence-corrected chi connectivity index (χ4v) is 4.21. The number of rotatable bonds is 5. The monoisotopic (exact) mass is 286 g/mol. The van der Waals surface area contributed by atoms with Gasteiger partial charge in [0.25, 0.3) is 0 Å². The molecular weight excluding hydrogens is 256 g/mol. The van der Waals surface area contributed by atoms with E-state index in [4.69, 9.17) is 0 Å². The van der Waals surface area contributed by atoms with Crippen LogP contribution in [0.4, 0.5) is 0 Å². The lowest BCUT2D eigenvalue weighted by Crippen LogP contribution is -2.40. The molecule has 2 nitrogen and oxygen atoms in total. The first-order chi connectivity index (χ1) is 10.1. The third-order valence-electron chi connectivity index (χ3n) is 5.26. The van der Waals surface area contributed by atoms with Crippen molar-refractivity contribution in [3.63, 3.8) is 0 Å². The average Bonchev–Trinajstić information content (AvgIpc) is 3.11. The van der Waals surface area contributed by atoms with Crippen molar-refractivity contribution in [2.24, 2.45) is 0 Å². The predicted molar refractivity (Wildman–Crippen MR) is 89.8 cm³/mol. The molecule has 0 aromatic heterocycles. The zero-order chi connectivity index (χ0) is 15.0. The Labute approximate surface area is 129 Å². The molecule has 1 aliphatic heterocycles. The molecule has 21 heavy (non-hydrogen) atoms. The van der Waals surface area contributed by atoms with E-state index in [1.807, 2.05) is 0 Å². The number of nitrogens with one attached hydrogen (secondary N) is 1. The van der Waals surface area contributed by atoms with E-state index in [1.54, 1.807) is 5.56 Å². The van der Waals surface area contributed by atoms with Gasteiger partial charge < -0.3 is 5.32 Å². The maximum absolute atomic E-state index is 3.67. The van der Waals surface area contributed by atoms with Crippen molar-refractivity contribution in [3.8, 4) is 0 Å². The first-order valence-electron chi connectivity index (χ1n) is 8.63.